The molecule has 4 N–H and O–H groups in total. The highest BCUT2D eigenvalue weighted by atomic mass is 35.5. The van der Waals surface area contributed by atoms with Crippen molar-refractivity contribution in [3.63, 3.8) is 0 Å². The number of phenols is 1. The van der Waals surface area contributed by atoms with Crippen LogP contribution in [0.4, 0.5) is 20.6 Å². The third-order valence-corrected chi connectivity index (χ3v) is 8.23. The molecule has 0 radical (unpaired) electrons. The molecule has 1 saturated heterocycles. The molecule has 0 aliphatic carbocycles. The first kappa shape index (κ1) is 26.1. The fourth-order valence-corrected chi connectivity index (χ4v) is 6.14. The number of nitrogens with one attached hydrogen (secondary N) is 3. The van der Waals surface area contributed by atoms with E-state index < -0.39 is 37.6 Å². The highest BCUT2D eigenvalue weighted by Gasteiger charge is 2.35. The summed E-state index contributed by atoms with van der Waals surface area (Å²) < 4.78 is 46.3. The molecule has 8 nitrogen and oxygen atoms in total. The number of benzene rings is 2. The molecule has 1 heterocycles. The van der Waals surface area contributed by atoms with Crippen LogP contribution < -0.4 is 20.7 Å². The van der Waals surface area contributed by atoms with Crippen LogP contribution in [0.3, 0.4) is 0 Å². The number of amides is 2. The van der Waals surface area contributed by atoms with E-state index in [2.05, 4.69) is 16.0 Å². The monoisotopic (exact) mass is 513 g/mol. The molecule has 2 atom stereocenters. The maximum atomic E-state index is 14.7. The Morgan fingerprint density at radius 2 is 2.00 bits per heavy atom. The number of aryl methyl sites for hydroxylation is 1. The standard InChI is InChI=1S/C23H29ClFN3O5S/c1-4-11-23(3,25)33-20-14(2)6-5-7-18(20)28-22(30)27-17-9-8-16(24)21(19(17)29)34(31,32)15-10-12-26-13-15/h5-9,15,26,29H,4,10-13H2,1-3H3,(H2,27,28,30)/t15-,23?/m1/s1. The molecule has 34 heavy (non-hydrogen) atoms. The lowest BCUT2D eigenvalue weighted by Crippen LogP contribution is -2.28. The number of rotatable bonds is 8. The number of sulfone groups is 1. The second kappa shape index (κ2) is 10.4. The Bertz CT molecular complexity index is 1170. The van der Waals surface area contributed by atoms with E-state index in [4.69, 9.17) is 16.3 Å². The summed E-state index contributed by atoms with van der Waals surface area (Å²) >= 11 is 6.12. The van der Waals surface area contributed by atoms with E-state index in [0.717, 1.165) is 0 Å². The van der Waals surface area contributed by atoms with Crippen molar-refractivity contribution < 1.29 is 27.4 Å². The number of carbonyl (C=O) groups is 1. The van der Waals surface area contributed by atoms with Gasteiger partial charge in [0, 0.05) is 19.9 Å². The van der Waals surface area contributed by atoms with Gasteiger partial charge in [-0.15, -0.1) is 0 Å². The molecular weight excluding hydrogens is 485 g/mol. The van der Waals surface area contributed by atoms with Crippen molar-refractivity contribution in [3.8, 4) is 11.5 Å². The fraction of sp³-hybridized carbons (Fsp3) is 0.435. The van der Waals surface area contributed by atoms with E-state index in [1.54, 1.807) is 25.1 Å². The minimum absolute atomic E-state index is 0.136. The highest BCUT2D eigenvalue weighted by Crippen LogP contribution is 2.40. The van der Waals surface area contributed by atoms with Crippen molar-refractivity contribution in [1.29, 1.82) is 0 Å². The van der Waals surface area contributed by atoms with Crippen molar-refractivity contribution in [2.45, 2.75) is 56.0 Å². The number of phenolic OH excluding ortho intramolecular Hbond substituents is 1. The number of urea groups is 1. The van der Waals surface area contributed by atoms with Crippen LogP contribution in [-0.4, -0.2) is 43.7 Å². The van der Waals surface area contributed by atoms with Crippen LogP contribution in [0.1, 0.15) is 38.7 Å². The van der Waals surface area contributed by atoms with E-state index in [-0.39, 0.29) is 35.1 Å². The van der Waals surface area contributed by atoms with Crippen molar-refractivity contribution in [2.24, 2.45) is 0 Å². The summed E-state index contributed by atoms with van der Waals surface area (Å²) in [6.45, 7) is 5.67. The summed E-state index contributed by atoms with van der Waals surface area (Å²) in [5.74, 6) is -2.40. The van der Waals surface area contributed by atoms with Crippen LogP contribution in [0.25, 0.3) is 0 Å². The Kier molecular flexibility index (Phi) is 7.95. The first-order valence-corrected chi connectivity index (χ1v) is 12.9. The Hall–Kier alpha value is -2.56. The number of carbonyl (C=O) groups excluding carboxylic acids is 1. The summed E-state index contributed by atoms with van der Waals surface area (Å²) in [6.07, 6.45) is 1.12. The maximum absolute atomic E-state index is 14.7. The number of aromatic hydroxyl groups is 1. The van der Waals surface area contributed by atoms with Crippen LogP contribution in [0.5, 0.6) is 11.5 Å². The molecular formula is C23H29ClFN3O5S. The second-order valence-corrected chi connectivity index (χ2v) is 11.0. The molecule has 0 spiro atoms. The number of halogens is 2. The maximum Gasteiger partial charge on any atom is 0.323 e. The highest BCUT2D eigenvalue weighted by molar-refractivity contribution is 7.92. The van der Waals surface area contributed by atoms with Gasteiger partial charge in [0.15, 0.2) is 15.6 Å². The number of hydrogen-bond acceptors (Lipinski definition) is 6. The Morgan fingerprint density at radius 1 is 1.29 bits per heavy atom. The van der Waals surface area contributed by atoms with Crippen LogP contribution >= 0.6 is 11.6 Å². The molecule has 186 valence electrons. The smallest absolute Gasteiger partial charge is 0.323 e. The van der Waals surface area contributed by atoms with Gasteiger partial charge in [0.05, 0.1) is 21.6 Å². The lowest BCUT2D eigenvalue weighted by molar-refractivity contribution is -0.0516. The third kappa shape index (κ3) is 5.73. The summed E-state index contributed by atoms with van der Waals surface area (Å²) in [6, 6.07) is 6.76. The lowest BCUT2D eigenvalue weighted by Gasteiger charge is -2.25. The molecule has 0 aromatic heterocycles. The predicted molar refractivity (Wildman–Crippen MR) is 130 cm³/mol. The topological polar surface area (TPSA) is 117 Å². The van der Waals surface area contributed by atoms with Gasteiger partial charge in [-0.05, 0) is 50.1 Å². The van der Waals surface area contributed by atoms with Gasteiger partial charge < -0.3 is 25.8 Å². The molecule has 2 aromatic rings. The van der Waals surface area contributed by atoms with E-state index in [9.17, 15) is 22.7 Å². The van der Waals surface area contributed by atoms with E-state index in [1.807, 2.05) is 6.92 Å². The SMILES string of the molecule is CCCC(C)(F)Oc1c(C)cccc1NC(=O)Nc1ccc(Cl)c(S(=O)(=O)[C@@H]2CCNC2)c1O. The normalized spacial score (nSPS) is 17.7. The number of hydrogen-bond donors (Lipinski definition) is 4. The van der Waals surface area contributed by atoms with Crippen molar-refractivity contribution in [3.05, 3.63) is 40.9 Å². The van der Waals surface area contributed by atoms with Gasteiger partial charge in [-0.25, -0.2) is 13.2 Å². The zero-order valence-corrected chi connectivity index (χ0v) is 20.8. The molecule has 0 saturated carbocycles. The molecule has 0 bridgehead atoms. The van der Waals surface area contributed by atoms with Crippen LogP contribution in [-0.2, 0) is 9.84 Å². The predicted octanol–water partition coefficient (Wildman–Crippen LogP) is 5.00. The summed E-state index contributed by atoms with van der Waals surface area (Å²) in [5.41, 5.74) is 0.698. The van der Waals surface area contributed by atoms with Crippen molar-refractivity contribution in [1.82, 2.24) is 5.32 Å². The number of ether oxygens (including phenoxy) is 1. The number of para-hydroxylation sites is 1. The first-order chi connectivity index (χ1) is 16.0. The van der Waals surface area contributed by atoms with Crippen LogP contribution in [0.15, 0.2) is 35.2 Å². The van der Waals surface area contributed by atoms with Gasteiger partial charge in [0.1, 0.15) is 10.6 Å². The molecule has 11 heteroatoms. The van der Waals surface area contributed by atoms with E-state index >= 15 is 0 Å². The Morgan fingerprint density at radius 3 is 2.65 bits per heavy atom. The summed E-state index contributed by atoms with van der Waals surface area (Å²) in [7, 11) is -3.93. The number of anilines is 2. The molecule has 1 fully saturated rings. The van der Waals surface area contributed by atoms with E-state index in [1.165, 1.54) is 19.1 Å². The second-order valence-electron chi connectivity index (χ2n) is 8.42. The van der Waals surface area contributed by atoms with E-state index in [0.29, 0.717) is 24.9 Å². The lowest BCUT2D eigenvalue weighted by atomic mass is 10.1. The Balaban J connectivity index is 1.85. The quantitative estimate of drug-likeness (QED) is 0.369. The van der Waals surface area contributed by atoms with Crippen molar-refractivity contribution in [2.75, 3.05) is 23.7 Å². The fourth-order valence-electron chi connectivity index (χ4n) is 3.85. The largest absolute Gasteiger partial charge is 0.504 e. The average molecular weight is 514 g/mol. The zero-order chi connectivity index (χ0) is 25.1. The summed E-state index contributed by atoms with van der Waals surface area (Å²) in [4.78, 5) is 12.3. The molecule has 1 aliphatic rings. The van der Waals surface area contributed by atoms with Gasteiger partial charge in [0.25, 0.3) is 0 Å². The minimum atomic E-state index is -3.93. The van der Waals surface area contributed by atoms with Crippen LogP contribution in [0.2, 0.25) is 5.02 Å². The minimum Gasteiger partial charge on any atom is -0.504 e. The molecule has 1 unspecified atom stereocenters. The van der Waals surface area contributed by atoms with Gasteiger partial charge in [0.2, 0.25) is 5.85 Å². The molecule has 2 aromatic carbocycles. The Labute approximate surface area is 203 Å². The zero-order valence-electron chi connectivity index (χ0n) is 19.2. The summed E-state index contributed by atoms with van der Waals surface area (Å²) in [5, 5.41) is 17.8. The van der Waals surface area contributed by atoms with Crippen LogP contribution in [0, 0.1) is 6.92 Å². The number of alkyl halides is 1. The molecule has 2 amide bonds. The first-order valence-electron chi connectivity index (χ1n) is 11.0. The van der Waals surface area contributed by atoms with Gasteiger partial charge >= 0.3 is 6.03 Å². The van der Waals surface area contributed by atoms with Crippen molar-refractivity contribution >= 4 is 38.8 Å². The molecule has 1 aliphatic heterocycles. The van der Waals surface area contributed by atoms with Gasteiger partial charge in [-0.2, -0.15) is 4.39 Å². The van der Waals surface area contributed by atoms with Gasteiger partial charge in [-0.1, -0.05) is 30.7 Å². The van der Waals surface area contributed by atoms with Gasteiger partial charge in [-0.3, -0.25) is 0 Å². The average Bonchev–Trinajstić information content (AvgIpc) is 3.28. The molecule has 3 rings (SSSR count). The third-order valence-electron chi connectivity index (χ3n) is 5.54.